The first-order valence-electron chi connectivity index (χ1n) is 6.34. The summed E-state index contributed by atoms with van der Waals surface area (Å²) in [6, 6.07) is 1.69. The van der Waals surface area contributed by atoms with Gasteiger partial charge in [-0.25, -0.2) is 8.78 Å². The van der Waals surface area contributed by atoms with Gasteiger partial charge in [0.1, 0.15) is 17.5 Å². The summed E-state index contributed by atoms with van der Waals surface area (Å²) in [5.41, 5.74) is 0.0527. The quantitative estimate of drug-likeness (QED) is 0.844. The van der Waals surface area contributed by atoms with Gasteiger partial charge in [0.2, 0.25) is 0 Å². The van der Waals surface area contributed by atoms with Crippen LogP contribution < -0.4 is 10.1 Å². The zero-order chi connectivity index (χ0) is 14.7. The van der Waals surface area contributed by atoms with Crippen LogP contribution in [0.15, 0.2) is 12.1 Å². The fraction of sp³-hybridized carbons (Fsp3) is 0.538. The predicted molar refractivity (Wildman–Crippen MR) is 87.4 cm³/mol. The van der Waals surface area contributed by atoms with Crippen LogP contribution in [0.4, 0.5) is 8.78 Å². The first-order chi connectivity index (χ1) is 9.56. The summed E-state index contributed by atoms with van der Waals surface area (Å²) in [4.78, 5) is 1.63. The highest BCUT2D eigenvalue weighted by atomic mass is 35.5. The zero-order valence-electron chi connectivity index (χ0n) is 11.9. The van der Waals surface area contributed by atoms with Gasteiger partial charge in [0.25, 0.3) is 6.43 Å². The molecule has 4 nitrogen and oxygen atoms in total. The third-order valence-electron chi connectivity index (χ3n) is 3.43. The van der Waals surface area contributed by atoms with E-state index in [4.69, 9.17) is 16.3 Å². The molecule has 128 valence electrons. The van der Waals surface area contributed by atoms with E-state index >= 15 is 0 Å². The maximum atomic E-state index is 13.5. The monoisotopic (exact) mass is 378 g/mol. The lowest BCUT2D eigenvalue weighted by Gasteiger charge is -2.35. The van der Waals surface area contributed by atoms with Crippen molar-refractivity contribution in [3.8, 4) is 11.5 Å². The molecule has 0 unspecified atom stereocenters. The fourth-order valence-electron chi connectivity index (χ4n) is 2.45. The first kappa shape index (κ1) is 21.5. The Balaban J connectivity index is 0.00000220. The number of hydrogen-bond donors (Lipinski definition) is 2. The molecule has 0 aliphatic carbocycles. The summed E-state index contributed by atoms with van der Waals surface area (Å²) in [5, 5.41) is 13.2. The molecule has 9 heteroatoms. The Labute approximate surface area is 145 Å². The molecule has 0 bridgehead atoms. The topological polar surface area (TPSA) is 44.7 Å². The summed E-state index contributed by atoms with van der Waals surface area (Å²) in [5.74, 6) is -0.120. The number of alkyl halides is 2. The Morgan fingerprint density at radius 2 is 1.86 bits per heavy atom. The van der Waals surface area contributed by atoms with Crippen molar-refractivity contribution in [1.29, 1.82) is 0 Å². The van der Waals surface area contributed by atoms with Crippen molar-refractivity contribution in [2.24, 2.45) is 0 Å². The van der Waals surface area contributed by atoms with E-state index in [1.807, 2.05) is 0 Å². The molecule has 0 saturated carbocycles. The van der Waals surface area contributed by atoms with Gasteiger partial charge in [0.05, 0.1) is 17.7 Å². The molecule has 1 saturated heterocycles. The molecule has 0 radical (unpaired) electrons. The molecule has 1 aromatic carbocycles. The SMILES string of the molecule is COc1ccc(Cl)c(O)c1[C@@H](C(F)F)N1CCNCC1.Cl.Cl. The van der Waals surface area contributed by atoms with Crippen molar-refractivity contribution < 1.29 is 18.6 Å². The lowest BCUT2D eigenvalue weighted by Crippen LogP contribution is -2.47. The molecular weight excluding hydrogens is 361 g/mol. The minimum Gasteiger partial charge on any atom is -0.506 e. The van der Waals surface area contributed by atoms with Crippen molar-refractivity contribution in [1.82, 2.24) is 10.2 Å². The highest BCUT2D eigenvalue weighted by molar-refractivity contribution is 6.32. The van der Waals surface area contributed by atoms with Crippen molar-refractivity contribution in [3.63, 3.8) is 0 Å². The summed E-state index contributed by atoms with van der Waals surface area (Å²) in [7, 11) is 1.38. The second-order valence-electron chi connectivity index (χ2n) is 4.58. The molecule has 1 fully saturated rings. The number of nitrogens with zero attached hydrogens (tertiary/aromatic N) is 1. The van der Waals surface area contributed by atoms with Crippen LogP contribution in [0.1, 0.15) is 11.6 Å². The van der Waals surface area contributed by atoms with Crippen LogP contribution in [0, 0.1) is 0 Å². The molecule has 1 aliphatic rings. The molecule has 1 atom stereocenters. The second kappa shape index (κ2) is 9.57. The summed E-state index contributed by atoms with van der Waals surface area (Å²) >= 11 is 5.85. The van der Waals surface area contributed by atoms with E-state index in [0.717, 1.165) is 0 Å². The van der Waals surface area contributed by atoms with E-state index in [0.29, 0.717) is 26.2 Å². The third kappa shape index (κ3) is 4.49. The Morgan fingerprint density at radius 3 is 2.36 bits per heavy atom. The molecule has 0 spiro atoms. The molecule has 0 aromatic heterocycles. The van der Waals surface area contributed by atoms with E-state index in [1.165, 1.54) is 19.2 Å². The van der Waals surface area contributed by atoms with Crippen LogP contribution in [0.3, 0.4) is 0 Å². The predicted octanol–water partition coefficient (Wildman–Crippen LogP) is 3.11. The van der Waals surface area contributed by atoms with Crippen LogP contribution in [-0.4, -0.2) is 49.7 Å². The Morgan fingerprint density at radius 1 is 1.27 bits per heavy atom. The number of halogens is 5. The standard InChI is InChI=1S/C13H17ClF2N2O2.2ClH/c1-20-9-3-2-8(14)12(19)10(9)11(13(15)16)18-6-4-17-5-7-18;;/h2-3,11,13,17,19H,4-7H2,1H3;2*1H/t11-;;/m0../s1. The van der Waals surface area contributed by atoms with Gasteiger partial charge >= 0.3 is 0 Å². The lowest BCUT2D eigenvalue weighted by atomic mass is 10.0. The molecule has 1 heterocycles. The Kier molecular flexibility index (Phi) is 9.34. The number of ether oxygens (including phenoxy) is 1. The number of nitrogens with one attached hydrogen (secondary N) is 1. The Bertz CT molecular complexity index is 475. The third-order valence-corrected chi connectivity index (χ3v) is 3.73. The average molecular weight is 380 g/mol. The van der Waals surface area contributed by atoms with E-state index in [9.17, 15) is 13.9 Å². The first-order valence-corrected chi connectivity index (χ1v) is 6.72. The van der Waals surface area contributed by atoms with Crippen LogP contribution in [-0.2, 0) is 0 Å². The average Bonchev–Trinajstić information content (AvgIpc) is 2.45. The van der Waals surface area contributed by atoms with E-state index in [-0.39, 0.29) is 46.9 Å². The number of methoxy groups -OCH3 is 1. The van der Waals surface area contributed by atoms with Gasteiger partial charge in [-0.2, -0.15) is 0 Å². The van der Waals surface area contributed by atoms with Crippen LogP contribution in [0.25, 0.3) is 0 Å². The maximum absolute atomic E-state index is 13.5. The van der Waals surface area contributed by atoms with Gasteiger partial charge < -0.3 is 15.2 Å². The smallest absolute Gasteiger partial charge is 0.258 e. The fourth-order valence-corrected chi connectivity index (χ4v) is 2.62. The number of phenolic OH excluding ortho intramolecular Hbond substituents is 1. The molecule has 1 aliphatic heterocycles. The van der Waals surface area contributed by atoms with Gasteiger partial charge in [-0.1, -0.05) is 11.6 Å². The number of piperazine rings is 1. The van der Waals surface area contributed by atoms with Crippen molar-refractivity contribution >= 4 is 36.4 Å². The summed E-state index contributed by atoms with van der Waals surface area (Å²) in [6.07, 6.45) is -2.65. The van der Waals surface area contributed by atoms with Crippen LogP contribution >= 0.6 is 36.4 Å². The zero-order valence-corrected chi connectivity index (χ0v) is 14.3. The number of rotatable bonds is 4. The number of aromatic hydroxyl groups is 1. The van der Waals surface area contributed by atoms with Crippen LogP contribution in [0.2, 0.25) is 5.02 Å². The highest BCUT2D eigenvalue weighted by Crippen LogP contribution is 2.43. The minimum atomic E-state index is -2.65. The molecule has 0 amide bonds. The number of hydrogen-bond acceptors (Lipinski definition) is 4. The van der Waals surface area contributed by atoms with Crippen molar-refractivity contribution in [2.75, 3.05) is 33.3 Å². The van der Waals surface area contributed by atoms with Gasteiger partial charge in [0.15, 0.2) is 0 Å². The number of benzene rings is 1. The number of phenols is 1. The van der Waals surface area contributed by atoms with Gasteiger partial charge in [-0.05, 0) is 12.1 Å². The molecule has 2 rings (SSSR count). The van der Waals surface area contributed by atoms with Crippen molar-refractivity contribution in [2.45, 2.75) is 12.5 Å². The molecule has 2 N–H and O–H groups in total. The summed E-state index contributed by atoms with van der Waals surface area (Å²) in [6.45, 7) is 2.22. The van der Waals surface area contributed by atoms with Crippen LogP contribution in [0.5, 0.6) is 11.5 Å². The van der Waals surface area contributed by atoms with E-state index < -0.39 is 12.5 Å². The normalized spacial score (nSPS) is 16.6. The Hall–Kier alpha value is -0.530. The van der Waals surface area contributed by atoms with E-state index in [1.54, 1.807) is 4.90 Å². The molecular formula is C13H19Cl3F2N2O2. The van der Waals surface area contributed by atoms with Gasteiger partial charge in [-0.15, -0.1) is 24.8 Å². The van der Waals surface area contributed by atoms with Crippen molar-refractivity contribution in [3.05, 3.63) is 22.7 Å². The molecule has 22 heavy (non-hydrogen) atoms. The lowest BCUT2D eigenvalue weighted by molar-refractivity contribution is 0.0158. The molecule has 1 aromatic rings. The minimum absolute atomic E-state index is 0. The van der Waals surface area contributed by atoms with Gasteiger partial charge in [-0.3, -0.25) is 4.90 Å². The second-order valence-corrected chi connectivity index (χ2v) is 4.98. The highest BCUT2D eigenvalue weighted by Gasteiger charge is 2.35. The maximum Gasteiger partial charge on any atom is 0.258 e. The van der Waals surface area contributed by atoms with Gasteiger partial charge in [0, 0.05) is 26.2 Å². The summed E-state index contributed by atoms with van der Waals surface area (Å²) < 4.78 is 32.2. The largest absolute Gasteiger partial charge is 0.506 e. The van der Waals surface area contributed by atoms with E-state index in [2.05, 4.69) is 5.32 Å².